The molecule has 0 aliphatic carbocycles. The number of esters is 1. The quantitative estimate of drug-likeness (QED) is 0.406. The summed E-state index contributed by atoms with van der Waals surface area (Å²) < 4.78 is 15.6. The van der Waals surface area contributed by atoms with Gasteiger partial charge >= 0.3 is 12.0 Å². The van der Waals surface area contributed by atoms with Gasteiger partial charge in [-0.15, -0.1) is 0 Å². The van der Waals surface area contributed by atoms with E-state index in [0.29, 0.717) is 11.5 Å². The van der Waals surface area contributed by atoms with Gasteiger partial charge in [0.1, 0.15) is 23.0 Å². The van der Waals surface area contributed by atoms with E-state index < -0.39 is 17.9 Å². The van der Waals surface area contributed by atoms with Crippen LogP contribution in [-0.4, -0.2) is 29.9 Å². The van der Waals surface area contributed by atoms with Crippen LogP contribution in [0.1, 0.15) is 22.1 Å². The number of rotatable bonds is 5. The summed E-state index contributed by atoms with van der Waals surface area (Å²) in [5.41, 5.74) is 0.989. The first kappa shape index (κ1) is 18.3. The highest BCUT2D eigenvalue weighted by Crippen LogP contribution is 2.24. The number of hydrogen-bond acceptors (Lipinski definition) is 6. The lowest BCUT2D eigenvalue weighted by Gasteiger charge is -2.09. The molecule has 3 heterocycles. The number of urea groups is 1. The summed E-state index contributed by atoms with van der Waals surface area (Å²) >= 11 is 0. The average molecular weight is 392 g/mol. The van der Waals surface area contributed by atoms with Gasteiger partial charge in [0.2, 0.25) is 5.76 Å². The highest BCUT2D eigenvalue weighted by Gasteiger charge is 2.34. The van der Waals surface area contributed by atoms with Crippen molar-refractivity contribution in [3.63, 3.8) is 0 Å². The van der Waals surface area contributed by atoms with Gasteiger partial charge in [-0.05, 0) is 24.3 Å². The number of imide groups is 1. The molecule has 8 heteroatoms. The third kappa shape index (κ3) is 3.68. The van der Waals surface area contributed by atoms with E-state index in [0.717, 1.165) is 10.5 Å². The predicted octanol–water partition coefficient (Wildman–Crippen LogP) is 3.42. The Morgan fingerprint density at radius 1 is 1.07 bits per heavy atom. The number of ether oxygens (including phenoxy) is 1. The van der Waals surface area contributed by atoms with Gasteiger partial charge in [0.15, 0.2) is 0 Å². The third-order valence-corrected chi connectivity index (χ3v) is 4.30. The Morgan fingerprint density at radius 2 is 1.86 bits per heavy atom. The maximum Gasteiger partial charge on any atom is 0.373 e. The molecule has 8 nitrogen and oxygen atoms in total. The van der Waals surface area contributed by atoms with Crippen LogP contribution in [0, 0.1) is 0 Å². The van der Waals surface area contributed by atoms with Crippen LogP contribution in [0.15, 0.2) is 69.1 Å². The molecule has 146 valence electrons. The minimum atomic E-state index is -0.638. The Bertz CT molecular complexity index is 1110. The number of benzene rings is 1. The number of methoxy groups -OCH3 is 1. The molecule has 1 aliphatic heterocycles. The number of nitrogens with one attached hydrogen (secondary N) is 1. The highest BCUT2D eigenvalue weighted by molar-refractivity contribution is 6.13. The molecule has 0 saturated carbocycles. The second-order valence-electron chi connectivity index (χ2n) is 6.21. The van der Waals surface area contributed by atoms with Crippen molar-refractivity contribution in [1.82, 2.24) is 10.2 Å². The molecular weight excluding hydrogens is 376 g/mol. The number of carbonyl (C=O) groups is 3. The summed E-state index contributed by atoms with van der Waals surface area (Å²) in [6.45, 7) is -0.119. The minimum absolute atomic E-state index is 0.00523. The van der Waals surface area contributed by atoms with Gasteiger partial charge in [-0.25, -0.2) is 9.59 Å². The first-order valence-electron chi connectivity index (χ1n) is 8.72. The van der Waals surface area contributed by atoms with E-state index in [1.807, 2.05) is 30.3 Å². The molecule has 1 aromatic carbocycles. The molecule has 2 aromatic heterocycles. The molecule has 1 N–H and O–H groups in total. The fourth-order valence-corrected chi connectivity index (χ4v) is 2.87. The second-order valence-corrected chi connectivity index (χ2v) is 6.21. The van der Waals surface area contributed by atoms with Crippen molar-refractivity contribution in [1.29, 1.82) is 0 Å². The average Bonchev–Trinajstić information content (AvgIpc) is 3.45. The number of amides is 3. The van der Waals surface area contributed by atoms with Crippen molar-refractivity contribution >= 4 is 24.0 Å². The van der Waals surface area contributed by atoms with Gasteiger partial charge in [-0.1, -0.05) is 30.3 Å². The van der Waals surface area contributed by atoms with Gasteiger partial charge in [-0.3, -0.25) is 9.69 Å². The molecule has 1 saturated heterocycles. The highest BCUT2D eigenvalue weighted by atomic mass is 16.5. The van der Waals surface area contributed by atoms with Gasteiger partial charge in [0.25, 0.3) is 5.91 Å². The maximum absolute atomic E-state index is 12.6. The number of nitrogens with zero attached hydrogens (tertiary/aromatic N) is 1. The molecule has 0 atom stereocenters. The molecule has 0 spiro atoms. The van der Waals surface area contributed by atoms with Crippen LogP contribution in [0.4, 0.5) is 4.79 Å². The minimum Gasteiger partial charge on any atom is -0.463 e. The first-order valence-corrected chi connectivity index (χ1v) is 8.72. The first-order chi connectivity index (χ1) is 14.0. The van der Waals surface area contributed by atoms with Crippen LogP contribution >= 0.6 is 0 Å². The summed E-state index contributed by atoms with van der Waals surface area (Å²) in [6.07, 6.45) is 1.47. The van der Waals surface area contributed by atoms with E-state index in [9.17, 15) is 14.4 Å². The fourth-order valence-electron chi connectivity index (χ4n) is 2.87. The van der Waals surface area contributed by atoms with Crippen LogP contribution in [0.2, 0.25) is 0 Å². The second kappa shape index (κ2) is 7.51. The van der Waals surface area contributed by atoms with Crippen LogP contribution in [0.25, 0.3) is 17.4 Å². The predicted molar refractivity (Wildman–Crippen MR) is 101 cm³/mol. The van der Waals surface area contributed by atoms with E-state index in [4.69, 9.17) is 8.83 Å². The lowest BCUT2D eigenvalue weighted by Crippen LogP contribution is -2.30. The molecule has 4 rings (SSSR count). The molecule has 0 radical (unpaired) electrons. The molecule has 0 bridgehead atoms. The lowest BCUT2D eigenvalue weighted by atomic mass is 10.2. The van der Waals surface area contributed by atoms with Gasteiger partial charge in [0, 0.05) is 11.6 Å². The monoisotopic (exact) mass is 392 g/mol. The Morgan fingerprint density at radius 3 is 2.62 bits per heavy atom. The van der Waals surface area contributed by atoms with Crippen molar-refractivity contribution in [2.24, 2.45) is 0 Å². The van der Waals surface area contributed by atoms with Crippen molar-refractivity contribution in [2.45, 2.75) is 6.54 Å². The molecule has 1 fully saturated rings. The Kier molecular flexibility index (Phi) is 4.74. The normalized spacial score (nSPS) is 15.1. The van der Waals surface area contributed by atoms with E-state index in [2.05, 4.69) is 10.1 Å². The largest absolute Gasteiger partial charge is 0.463 e. The van der Waals surface area contributed by atoms with Crippen molar-refractivity contribution < 1.29 is 28.0 Å². The van der Waals surface area contributed by atoms with Crippen molar-refractivity contribution in [3.05, 3.63) is 77.6 Å². The van der Waals surface area contributed by atoms with Crippen LogP contribution in [-0.2, 0) is 16.1 Å². The van der Waals surface area contributed by atoms with Gasteiger partial charge in [-0.2, -0.15) is 0 Å². The van der Waals surface area contributed by atoms with E-state index in [-0.39, 0.29) is 23.8 Å². The zero-order valence-electron chi connectivity index (χ0n) is 15.4. The summed E-state index contributed by atoms with van der Waals surface area (Å²) in [5.74, 6) is 0.191. The lowest BCUT2D eigenvalue weighted by molar-refractivity contribution is -0.123. The summed E-state index contributed by atoms with van der Waals surface area (Å²) in [6, 6.07) is 15.4. The summed E-state index contributed by atoms with van der Waals surface area (Å²) in [5, 5.41) is 2.52. The van der Waals surface area contributed by atoms with Crippen molar-refractivity contribution in [2.75, 3.05) is 7.11 Å². The summed E-state index contributed by atoms with van der Waals surface area (Å²) in [4.78, 5) is 37.2. The molecule has 1 aliphatic rings. The topological polar surface area (TPSA) is 102 Å². The zero-order valence-corrected chi connectivity index (χ0v) is 15.4. The van der Waals surface area contributed by atoms with Crippen LogP contribution < -0.4 is 5.32 Å². The SMILES string of the molecule is COC(=O)c1ccc(CN2C(=O)NC(=Cc3ccc(-c4ccccc4)o3)C2=O)o1. The van der Waals surface area contributed by atoms with E-state index in [1.54, 1.807) is 12.1 Å². The fraction of sp³-hybridized carbons (Fsp3) is 0.0952. The maximum atomic E-state index is 12.6. The molecule has 29 heavy (non-hydrogen) atoms. The molecule has 3 aromatic rings. The molecule has 0 unspecified atom stereocenters. The Hall–Kier alpha value is -4.07. The number of furan rings is 2. The van der Waals surface area contributed by atoms with Crippen LogP contribution in [0.5, 0.6) is 0 Å². The van der Waals surface area contributed by atoms with Gasteiger partial charge in [0.05, 0.1) is 13.7 Å². The Balaban J connectivity index is 1.50. The van der Waals surface area contributed by atoms with Crippen LogP contribution in [0.3, 0.4) is 0 Å². The van der Waals surface area contributed by atoms with E-state index >= 15 is 0 Å². The number of carbonyl (C=O) groups excluding carboxylic acids is 3. The number of hydrogen-bond donors (Lipinski definition) is 1. The van der Waals surface area contributed by atoms with Crippen molar-refractivity contribution in [3.8, 4) is 11.3 Å². The third-order valence-electron chi connectivity index (χ3n) is 4.30. The zero-order chi connectivity index (χ0) is 20.4. The summed E-state index contributed by atoms with van der Waals surface area (Å²) in [7, 11) is 1.23. The molecule has 3 amide bonds. The molecular formula is C21H16N2O6. The Labute approximate surface area is 165 Å². The van der Waals surface area contributed by atoms with E-state index in [1.165, 1.54) is 25.3 Å². The smallest absolute Gasteiger partial charge is 0.373 e. The van der Waals surface area contributed by atoms with Gasteiger partial charge < -0.3 is 18.9 Å². The standard InChI is InChI=1S/C21H16N2O6/c1-27-20(25)18-10-8-15(29-18)12-23-19(24)16(22-21(23)26)11-14-7-9-17(28-14)13-5-3-2-4-6-13/h2-11H,12H2,1H3,(H,22,26).